The van der Waals surface area contributed by atoms with Crippen molar-refractivity contribution in [2.24, 2.45) is 0 Å². The van der Waals surface area contributed by atoms with Crippen LogP contribution in [-0.2, 0) is 14.3 Å². The smallest absolute Gasteiger partial charge is 0.341 e. The highest BCUT2D eigenvalue weighted by molar-refractivity contribution is 6.21. The average molecular weight is 534 g/mol. The topological polar surface area (TPSA) is 61.9 Å². The predicted molar refractivity (Wildman–Crippen MR) is 164 cm³/mol. The Bertz CT molecular complexity index is 1420. The molecule has 0 spiro atoms. The second-order valence-electron chi connectivity index (χ2n) is 9.72. The minimum absolute atomic E-state index is 0.215. The number of rotatable bonds is 9. The molecule has 1 heterocycles. The lowest BCUT2D eigenvalue weighted by Crippen LogP contribution is -2.15. The SMILES string of the molecule is CCOC(=O)C1=C(c2ccccc2)NC(=O)C1=CC=CC=C(c1ccc(N(C)C)cc1)c1ccc(N(C)C)cc1. The fourth-order valence-electron chi connectivity index (χ4n) is 4.43. The van der Waals surface area contributed by atoms with Crippen LogP contribution in [0.1, 0.15) is 23.6 Å². The van der Waals surface area contributed by atoms with E-state index in [1.807, 2.05) is 70.7 Å². The van der Waals surface area contributed by atoms with Gasteiger partial charge in [0, 0.05) is 39.6 Å². The third kappa shape index (κ3) is 6.41. The molecule has 6 nitrogen and oxygen atoms in total. The highest BCUT2D eigenvalue weighted by atomic mass is 16.5. The summed E-state index contributed by atoms with van der Waals surface area (Å²) in [4.78, 5) is 30.0. The van der Waals surface area contributed by atoms with E-state index in [9.17, 15) is 9.59 Å². The van der Waals surface area contributed by atoms with Crippen LogP contribution in [0.2, 0.25) is 0 Å². The first-order valence-corrected chi connectivity index (χ1v) is 13.2. The summed E-state index contributed by atoms with van der Waals surface area (Å²) in [6.07, 6.45) is 7.35. The normalized spacial score (nSPS) is 13.9. The highest BCUT2D eigenvalue weighted by Crippen LogP contribution is 2.30. The molecule has 0 fully saturated rings. The molecule has 40 heavy (non-hydrogen) atoms. The molecule has 0 aliphatic carbocycles. The summed E-state index contributed by atoms with van der Waals surface area (Å²) in [5.41, 5.74) is 7.12. The zero-order chi connectivity index (χ0) is 28.6. The summed E-state index contributed by atoms with van der Waals surface area (Å²) >= 11 is 0. The van der Waals surface area contributed by atoms with Crippen LogP contribution in [0.25, 0.3) is 11.3 Å². The van der Waals surface area contributed by atoms with E-state index in [1.165, 1.54) is 0 Å². The van der Waals surface area contributed by atoms with Gasteiger partial charge in [0.25, 0.3) is 5.91 Å². The Morgan fingerprint density at radius 3 is 1.85 bits per heavy atom. The molecule has 3 aromatic rings. The number of esters is 1. The van der Waals surface area contributed by atoms with E-state index in [0.29, 0.717) is 5.70 Å². The Morgan fingerprint density at radius 2 is 1.35 bits per heavy atom. The van der Waals surface area contributed by atoms with Crippen molar-refractivity contribution in [3.05, 3.63) is 131 Å². The molecule has 0 aromatic heterocycles. The fraction of sp³-hybridized carbons (Fsp3) is 0.176. The average Bonchev–Trinajstić information content (AvgIpc) is 3.29. The van der Waals surface area contributed by atoms with Gasteiger partial charge in [0.15, 0.2) is 0 Å². The number of anilines is 2. The number of carbonyl (C=O) groups is 2. The van der Waals surface area contributed by atoms with Gasteiger partial charge < -0.3 is 19.9 Å². The van der Waals surface area contributed by atoms with Gasteiger partial charge in [-0.25, -0.2) is 4.79 Å². The first-order valence-electron chi connectivity index (χ1n) is 13.2. The molecule has 1 aliphatic heterocycles. The molecule has 204 valence electrons. The quantitative estimate of drug-likeness (QED) is 0.213. The molecular formula is C34H35N3O3. The van der Waals surface area contributed by atoms with Gasteiger partial charge in [-0.3, -0.25) is 4.79 Å². The summed E-state index contributed by atoms with van der Waals surface area (Å²) < 4.78 is 5.30. The first kappa shape index (κ1) is 28.2. The minimum Gasteiger partial charge on any atom is -0.462 e. The summed E-state index contributed by atoms with van der Waals surface area (Å²) in [6.45, 7) is 1.96. The van der Waals surface area contributed by atoms with Crippen LogP contribution in [-0.4, -0.2) is 46.7 Å². The molecule has 4 rings (SSSR count). The highest BCUT2D eigenvalue weighted by Gasteiger charge is 2.33. The van der Waals surface area contributed by atoms with Crippen LogP contribution in [0, 0.1) is 0 Å². The lowest BCUT2D eigenvalue weighted by molar-refractivity contribution is -0.138. The van der Waals surface area contributed by atoms with Crippen molar-refractivity contribution in [3.8, 4) is 0 Å². The van der Waals surface area contributed by atoms with Gasteiger partial charge in [-0.2, -0.15) is 0 Å². The Kier molecular flexibility index (Phi) is 9.02. The number of nitrogens with one attached hydrogen (secondary N) is 1. The van der Waals surface area contributed by atoms with Gasteiger partial charge in [-0.1, -0.05) is 72.8 Å². The minimum atomic E-state index is -0.530. The van der Waals surface area contributed by atoms with E-state index < -0.39 is 5.97 Å². The molecule has 3 aromatic carbocycles. The fourth-order valence-corrected chi connectivity index (χ4v) is 4.43. The number of carbonyl (C=O) groups excluding carboxylic acids is 2. The van der Waals surface area contributed by atoms with E-state index >= 15 is 0 Å². The maximum atomic E-state index is 12.9. The van der Waals surface area contributed by atoms with E-state index in [2.05, 4.69) is 63.6 Å². The van der Waals surface area contributed by atoms with Crippen LogP contribution >= 0.6 is 0 Å². The molecule has 1 aliphatic rings. The summed E-state index contributed by atoms with van der Waals surface area (Å²) in [5.74, 6) is -0.869. The van der Waals surface area contributed by atoms with E-state index in [1.54, 1.807) is 19.1 Å². The molecule has 0 unspecified atom stereocenters. The maximum Gasteiger partial charge on any atom is 0.341 e. The first-order chi connectivity index (χ1) is 19.3. The number of amides is 1. The van der Waals surface area contributed by atoms with Crippen LogP contribution in [0.5, 0.6) is 0 Å². The van der Waals surface area contributed by atoms with Crippen molar-refractivity contribution in [1.29, 1.82) is 0 Å². The van der Waals surface area contributed by atoms with Crippen molar-refractivity contribution in [3.63, 3.8) is 0 Å². The maximum absolute atomic E-state index is 12.9. The van der Waals surface area contributed by atoms with E-state index in [4.69, 9.17) is 4.74 Å². The Morgan fingerprint density at radius 1 is 0.800 bits per heavy atom. The number of nitrogens with zero attached hydrogens (tertiary/aromatic N) is 2. The van der Waals surface area contributed by atoms with Crippen molar-refractivity contribution >= 4 is 34.5 Å². The third-order valence-electron chi connectivity index (χ3n) is 6.57. The second kappa shape index (κ2) is 12.8. The summed E-state index contributed by atoms with van der Waals surface area (Å²) in [7, 11) is 8.07. The molecule has 0 saturated heterocycles. The molecule has 0 radical (unpaired) electrons. The van der Waals surface area contributed by atoms with Gasteiger partial charge >= 0.3 is 5.97 Å². The second-order valence-corrected chi connectivity index (χ2v) is 9.72. The van der Waals surface area contributed by atoms with E-state index in [0.717, 1.165) is 33.6 Å². The zero-order valence-corrected chi connectivity index (χ0v) is 23.6. The number of allylic oxidation sites excluding steroid dienone is 4. The largest absolute Gasteiger partial charge is 0.462 e. The van der Waals surface area contributed by atoms with Crippen LogP contribution in [0.3, 0.4) is 0 Å². The summed E-state index contributed by atoms with van der Waals surface area (Å²) in [6, 6.07) is 26.1. The van der Waals surface area contributed by atoms with Crippen molar-refractivity contribution < 1.29 is 14.3 Å². The Labute approximate surface area is 236 Å². The number of hydrogen-bond acceptors (Lipinski definition) is 5. The van der Waals surface area contributed by atoms with E-state index in [-0.39, 0.29) is 23.7 Å². The molecule has 6 heteroatoms. The molecule has 0 atom stereocenters. The lowest BCUT2D eigenvalue weighted by Gasteiger charge is -2.16. The predicted octanol–water partition coefficient (Wildman–Crippen LogP) is 5.84. The Balaban J connectivity index is 1.72. The van der Waals surface area contributed by atoms with Gasteiger partial charge in [0.1, 0.15) is 0 Å². The lowest BCUT2D eigenvalue weighted by atomic mass is 9.96. The van der Waals surface area contributed by atoms with Crippen LogP contribution in [0.15, 0.2) is 114 Å². The van der Waals surface area contributed by atoms with Gasteiger partial charge in [0.05, 0.1) is 23.5 Å². The molecule has 0 saturated carbocycles. The van der Waals surface area contributed by atoms with Crippen molar-refractivity contribution in [2.45, 2.75) is 6.92 Å². The van der Waals surface area contributed by atoms with Crippen molar-refractivity contribution in [2.75, 3.05) is 44.6 Å². The van der Waals surface area contributed by atoms with Gasteiger partial charge in [-0.05, 0) is 59.5 Å². The van der Waals surface area contributed by atoms with Gasteiger partial charge in [0.2, 0.25) is 0 Å². The Hall–Kier alpha value is -4.84. The number of ether oxygens (including phenoxy) is 1. The van der Waals surface area contributed by atoms with Crippen molar-refractivity contribution in [1.82, 2.24) is 5.32 Å². The van der Waals surface area contributed by atoms with Gasteiger partial charge in [-0.15, -0.1) is 0 Å². The zero-order valence-electron chi connectivity index (χ0n) is 23.6. The molecule has 1 amide bonds. The van der Waals surface area contributed by atoms with Crippen LogP contribution in [0.4, 0.5) is 11.4 Å². The van der Waals surface area contributed by atoms with Crippen LogP contribution < -0.4 is 15.1 Å². The molecule has 0 bridgehead atoms. The molecular weight excluding hydrogens is 498 g/mol. The number of hydrogen-bond donors (Lipinski definition) is 1. The summed E-state index contributed by atoms with van der Waals surface area (Å²) in [5, 5.41) is 2.85. The monoisotopic (exact) mass is 533 g/mol. The third-order valence-corrected chi connectivity index (χ3v) is 6.57. The standard InChI is InChI=1S/C34H35N3O3/c1-6-40-34(39)31-30(33(38)35-32(31)26-12-8-7-9-13-26)15-11-10-14-29(24-16-20-27(21-17-24)36(2)3)25-18-22-28(23-19-25)37(4)5/h7-23H,6H2,1-5H3,(H,35,38). The number of benzene rings is 3. The molecule has 1 N–H and O–H groups in total.